The van der Waals surface area contributed by atoms with Crippen LogP contribution in [0, 0.1) is 5.82 Å². The molecule has 0 aliphatic carbocycles. The molecule has 0 fully saturated rings. The number of hydrogen-bond donors (Lipinski definition) is 2. The Balaban J connectivity index is 1.87. The number of thiocarbonyl (C=S) groups is 1. The maximum atomic E-state index is 13.7. The molecule has 0 aliphatic heterocycles. The van der Waals surface area contributed by atoms with E-state index < -0.39 is 0 Å². The van der Waals surface area contributed by atoms with Gasteiger partial charge in [-0.15, -0.1) is 6.58 Å². The molecule has 7 heteroatoms. The molecule has 0 saturated carbocycles. The van der Waals surface area contributed by atoms with Gasteiger partial charge in [0.2, 0.25) is 0 Å². The number of halogens is 2. The van der Waals surface area contributed by atoms with Crippen molar-refractivity contribution < 1.29 is 9.13 Å². The molecule has 2 aromatic rings. The van der Waals surface area contributed by atoms with E-state index in [9.17, 15) is 4.39 Å². The van der Waals surface area contributed by atoms with Crippen LogP contribution in [-0.4, -0.2) is 17.9 Å². The molecule has 2 rings (SSSR count). The molecule has 25 heavy (non-hydrogen) atoms. The Morgan fingerprint density at radius 1 is 1.28 bits per heavy atom. The lowest BCUT2D eigenvalue weighted by Gasteiger charge is -2.09. The Kier molecular flexibility index (Phi) is 7.37. The summed E-state index contributed by atoms with van der Waals surface area (Å²) in [5, 5.41) is 7.67. The average Bonchev–Trinajstić information content (AvgIpc) is 2.61. The number of benzene rings is 2. The molecule has 2 aromatic carbocycles. The molecular formula is C18H17ClFN3OS. The standard InChI is InChI=1S/C18H17ClFN3OS/c1-2-10-21-18(25)23-22-11-13-6-8-14(9-7-13)24-12-15-16(19)4-3-5-17(15)20/h2-9,11H,1,10,12H2,(H2,21,23,25)/b22-11-. The zero-order chi connectivity index (χ0) is 18.1. The van der Waals surface area contributed by atoms with E-state index in [2.05, 4.69) is 22.4 Å². The van der Waals surface area contributed by atoms with Crippen molar-refractivity contribution in [1.82, 2.24) is 10.7 Å². The van der Waals surface area contributed by atoms with Crippen LogP contribution in [0.2, 0.25) is 5.02 Å². The van der Waals surface area contributed by atoms with E-state index in [0.717, 1.165) is 5.56 Å². The van der Waals surface area contributed by atoms with Crippen molar-refractivity contribution in [3.63, 3.8) is 0 Å². The molecule has 0 spiro atoms. The lowest BCUT2D eigenvalue weighted by molar-refractivity contribution is 0.300. The molecular weight excluding hydrogens is 361 g/mol. The van der Waals surface area contributed by atoms with E-state index in [0.29, 0.717) is 28.0 Å². The Labute approximate surface area is 156 Å². The summed E-state index contributed by atoms with van der Waals surface area (Å²) < 4.78 is 19.3. The second-order valence-corrected chi connectivity index (χ2v) is 5.74. The highest BCUT2D eigenvalue weighted by Crippen LogP contribution is 2.21. The lowest BCUT2D eigenvalue weighted by Crippen LogP contribution is -2.31. The minimum absolute atomic E-state index is 0.0593. The number of ether oxygens (including phenoxy) is 1. The van der Waals surface area contributed by atoms with Crippen LogP contribution in [0.4, 0.5) is 4.39 Å². The van der Waals surface area contributed by atoms with Gasteiger partial charge in [0.1, 0.15) is 18.2 Å². The van der Waals surface area contributed by atoms with Crippen LogP contribution in [0.25, 0.3) is 0 Å². The first-order valence-corrected chi connectivity index (χ1v) is 8.22. The molecule has 0 aliphatic rings. The van der Waals surface area contributed by atoms with Gasteiger partial charge in [-0.1, -0.05) is 23.7 Å². The molecule has 4 nitrogen and oxygen atoms in total. The molecule has 0 saturated heterocycles. The van der Waals surface area contributed by atoms with Crippen molar-refractivity contribution in [2.75, 3.05) is 6.54 Å². The molecule has 0 amide bonds. The summed E-state index contributed by atoms with van der Waals surface area (Å²) in [5.41, 5.74) is 3.88. The Bertz CT molecular complexity index is 745. The highest BCUT2D eigenvalue weighted by Gasteiger charge is 2.07. The second-order valence-electron chi connectivity index (χ2n) is 4.93. The van der Waals surface area contributed by atoms with Gasteiger partial charge in [0.05, 0.1) is 11.2 Å². The minimum Gasteiger partial charge on any atom is -0.489 e. The van der Waals surface area contributed by atoms with Crippen LogP contribution >= 0.6 is 23.8 Å². The molecule has 0 heterocycles. The summed E-state index contributed by atoms with van der Waals surface area (Å²) >= 11 is 11.0. The normalized spacial score (nSPS) is 10.5. The molecule has 0 aromatic heterocycles. The summed E-state index contributed by atoms with van der Waals surface area (Å²) in [6, 6.07) is 11.7. The zero-order valence-electron chi connectivity index (χ0n) is 13.3. The van der Waals surface area contributed by atoms with Gasteiger partial charge < -0.3 is 10.1 Å². The van der Waals surface area contributed by atoms with Gasteiger partial charge in [-0.3, -0.25) is 5.43 Å². The number of rotatable bonds is 7. The first-order valence-electron chi connectivity index (χ1n) is 7.43. The van der Waals surface area contributed by atoms with E-state index >= 15 is 0 Å². The van der Waals surface area contributed by atoms with Crippen LogP contribution in [0.1, 0.15) is 11.1 Å². The van der Waals surface area contributed by atoms with E-state index in [1.807, 2.05) is 12.1 Å². The summed E-state index contributed by atoms with van der Waals surface area (Å²) in [6.07, 6.45) is 3.32. The molecule has 0 unspecified atom stereocenters. The lowest BCUT2D eigenvalue weighted by atomic mass is 10.2. The van der Waals surface area contributed by atoms with Crippen LogP contribution in [0.15, 0.2) is 60.2 Å². The number of nitrogens with one attached hydrogen (secondary N) is 2. The molecule has 0 atom stereocenters. The smallest absolute Gasteiger partial charge is 0.187 e. The minimum atomic E-state index is -0.386. The van der Waals surface area contributed by atoms with Crippen LogP contribution in [0.5, 0.6) is 5.75 Å². The van der Waals surface area contributed by atoms with E-state index in [-0.39, 0.29) is 12.4 Å². The Morgan fingerprint density at radius 2 is 2.04 bits per heavy atom. The fourth-order valence-corrected chi connectivity index (χ4v) is 2.20. The monoisotopic (exact) mass is 377 g/mol. The quantitative estimate of drug-likeness (QED) is 0.331. The highest BCUT2D eigenvalue weighted by atomic mass is 35.5. The summed E-state index contributed by atoms with van der Waals surface area (Å²) in [5.74, 6) is 0.218. The van der Waals surface area contributed by atoms with E-state index in [1.54, 1.807) is 36.6 Å². The number of hydrazone groups is 1. The van der Waals surface area contributed by atoms with Gasteiger partial charge >= 0.3 is 0 Å². The SMILES string of the molecule is C=CCNC(=S)N/N=C\c1ccc(OCc2c(F)cccc2Cl)cc1. The topological polar surface area (TPSA) is 45.7 Å². The fourth-order valence-electron chi connectivity index (χ4n) is 1.85. The van der Waals surface area contributed by atoms with Gasteiger partial charge in [-0.05, 0) is 54.2 Å². The van der Waals surface area contributed by atoms with Crippen LogP contribution in [-0.2, 0) is 6.61 Å². The Morgan fingerprint density at radius 3 is 2.72 bits per heavy atom. The Hall–Kier alpha value is -2.44. The number of hydrogen-bond acceptors (Lipinski definition) is 3. The van der Waals surface area contributed by atoms with Crippen LogP contribution < -0.4 is 15.5 Å². The predicted molar refractivity (Wildman–Crippen MR) is 104 cm³/mol. The maximum absolute atomic E-state index is 13.7. The maximum Gasteiger partial charge on any atom is 0.187 e. The predicted octanol–water partition coefficient (Wildman–Crippen LogP) is 4.04. The van der Waals surface area contributed by atoms with Crippen molar-refractivity contribution in [1.29, 1.82) is 0 Å². The highest BCUT2D eigenvalue weighted by molar-refractivity contribution is 7.80. The largest absolute Gasteiger partial charge is 0.489 e. The van der Waals surface area contributed by atoms with Crippen LogP contribution in [0.3, 0.4) is 0 Å². The molecule has 0 bridgehead atoms. The zero-order valence-corrected chi connectivity index (χ0v) is 14.9. The summed E-state index contributed by atoms with van der Waals surface area (Å²) in [6.45, 7) is 4.21. The van der Waals surface area contributed by atoms with Gasteiger partial charge in [0, 0.05) is 12.1 Å². The van der Waals surface area contributed by atoms with Crippen molar-refractivity contribution >= 4 is 35.1 Å². The van der Waals surface area contributed by atoms with Gasteiger partial charge in [0.15, 0.2) is 5.11 Å². The third kappa shape index (κ3) is 6.17. The average molecular weight is 378 g/mol. The first-order chi connectivity index (χ1) is 12.1. The summed E-state index contributed by atoms with van der Waals surface area (Å²) in [7, 11) is 0. The van der Waals surface area contributed by atoms with Crippen molar-refractivity contribution in [2.45, 2.75) is 6.61 Å². The first kappa shape index (κ1) is 18.9. The van der Waals surface area contributed by atoms with E-state index in [1.165, 1.54) is 6.07 Å². The second kappa shape index (κ2) is 9.76. The summed E-state index contributed by atoms with van der Waals surface area (Å²) in [4.78, 5) is 0. The third-order valence-electron chi connectivity index (χ3n) is 3.11. The van der Waals surface area contributed by atoms with Crippen molar-refractivity contribution in [3.05, 3.63) is 77.1 Å². The molecule has 2 N–H and O–H groups in total. The van der Waals surface area contributed by atoms with Gasteiger partial charge in [-0.25, -0.2) is 4.39 Å². The van der Waals surface area contributed by atoms with Crippen molar-refractivity contribution in [3.8, 4) is 5.75 Å². The number of nitrogens with zero attached hydrogens (tertiary/aromatic N) is 1. The molecule has 0 radical (unpaired) electrons. The third-order valence-corrected chi connectivity index (χ3v) is 3.70. The van der Waals surface area contributed by atoms with Crippen molar-refractivity contribution in [2.24, 2.45) is 5.10 Å². The van der Waals surface area contributed by atoms with Gasteiger partial charge in [0.25, 0.3) is 0 Å². The van der Waals surface area contributed by atoms with E-state index in [4.69, 9.17) is 28.6 Å². The van der Waals surface area contributed by atoms with Gasteiger partial charge in [-0.2, -0.15) is 5.10 Å². The molecule has 130 valence electrons. The fraction of sp³-hybridized carbons (Fsp3) is 0.111.